The lowest BCUT2D eigenvalue weighted by Crippen LogP contribution is -3.00. The molecule has 4 fully saturated rings. The van der Waals surface area contributed by atoms with Gasteiger partial charge in [-0.15, -0.1) is 0 Å². The van der Waals surface area contributed by atoms with Crippen LogP contribution in [-0.4, -0.2) is 12.3 Å². The van der Waals surface area contributed by atoms with Gasteiger partial charge in [0.2, 0.25) is 0 Å². The second-order valence-electron chi connectivity index (χ2n) is 7.71. The van der Waals surface area contributed by atoms with Crippen molar-refractivity contribution in [1.82, 2.24) is 5.32 Å². The van der Waals surface area contributed by atoms with Crippen molar-refractivity contribution in [2.45, 2.75) is 45.1 Å². The first-order chi connectivity index (χ1) is 10.2. The summed E-state index contributed by atoms with van der Waals surface area (Å²) in [6.45, 7) is 1.36. The highest BCUT2D eigenvalue weighted by Crippen LogP contribution is 2.60. The molecule has 0 aromatic heterocycles. The highest BCUT2D eigenvalue weighted by atomic mass is 35.5. The average molecular weight is 319 g/mol. The zero-order valence-corrected chi connectivity index (χ0v) is 13.8. The Bertz CT molecular complexity index is 492. The maximum atomic E-state index is 12.8. The second-order valence-corrected chi connectivity index (χ2v) is 7.71. The van der Waals surface area contributed by atoms with Crippen LogP contribution in [0.1, 0.15) is 44.1 Å². The molecule has 0 spiro atoms. The summed E-state index contributed by atoms with van der Waals surface area (Å²) < 4.78 is 0. The van der Waals surface area contributed by atoms with Crippen molar-refractivity contribution in [3.63, 3.8) is 0 Å². The first-order valence-electron chi connectivity index (χ1n) is 8.51. The second kappa shape index (κ2) is 6.33. The van der Waals surface area contributed by atoms with Gasteiger partial charge in [0, 0.05) is 12.0 Å². The molecule has 0 unspecified atom stereocenters. The summed E-state index contributed by atoms with van der Waals surface area (Å²) in [7, 11) is 0. The fourth-order valence-electron chi connectivity index (χ4n) is 5.56. The lowest BCUT2D eigenvalue weighted by Gasteiger charge is -2.56. The van der Waals surface area contributed by atoms with Crippen molar-refractivity contribution in [3.8, 4) is 0 Å². The SMILES string of the molecule is O=C(CNCc1ccccc1)C12CC3CC(CC(C3)C1)C2.[Cl-]. The van der Waals surface area contributed by atoms with Gasteiger partial charge >= 0.3 is 0 Å². The fourth-order valence-corrected chi connectivity index (χ4v) is 5.56. The molecule has 0 saturated heterocycles. The number of carbonyl (C=O) groups excluding carboxylic acids is 1. The minimum absolute atomic E-state index is 0. The lowest BCUT2D eigenvalue weighted by atomic mass is 9.48. The zero-order chi connectivity index (χ0) is 14.3. The number of halogens is 1. The van der Waals surface area contributed by atoms with Crippen LogP contribution in [0.5, 0.6) is 0 Å². The van der Waals surface area contributed by atoms with E-state index < -0.39 is 0 Å². The average Bonchev–Trinajstić information content (AvgIpc) is 2.47. The maximum Gasteiger partial charge on any atom is 0.152 e. The first-order valence-corrected chi connectivity index (χ1v) is 8.51. The molecule has 22 heavy (non-hydrogen) atoms. The third-order valence-corrected chi connectivity index (χ3v) is 6.09. The normalized spacial score (nSPS) is 35.2. The van der Waals surface area contributed by atoms with Crippen molar-refractivity contribution >= 4 is 5.78 Å². The van der Waals surface area contributed by atoms with Gasteiger partial charge in [0.05, 0.1) is 6.54 Å². The Balaban J connectivity index is 0.00000144. The summed E-state index contributed by atoms with van der Waals surface area (Å²) in [5, 5.41) is 3.38. The smallest absolute Gasteiger partial charge is 0.152 e. The molecular formula is C19H25ClNO-. The van der Waals surface area contributed by atoms with Gasteiger partial charge in [-0.05, 0) is 61.8 Å². The van der Waals surface area contributed by atoms with Gasteiger partial charge < -0.3 is 17.7 Å². The molecule has 3 heteroatoms. The Hall–Kier alpha value is -0.860. The monoisotopic (exact) mass is 318 g/mol. The number of Topliss-reactive ketones (excluding diaryl/α,β-unsaturated/α-hetero) is 1. The van der Waals surface area contributed by atoms with E-state index in [4.69, 9.17) is 0 Å². The topological polar surface area (TPSA) is 29.1 Å². The van der Waals surface area contributed by atoms with Crippen LogP contribution in [0.3, 0.4) is 0 Å². The Kier molecular flexibility index (Phi) is 4.61. The first kappa shape index (κ1) is 16.0. The van der Waals surface area contributed by atoms with E-state index in [9.17, 15) is 4.79 Å². The van der Waals surface area contributed by atoms with E-state index >= 15 is 0 Å². The fraction of sp³-hybridized carbons (Fsp3) is 0.632. The summed E-state index contributed by atoms with van der Waals surface area (Å²) in [5.74, 6) is 3.07. The maximum absolute atomic E-state index is 12.8. The Morgan fingerprint density at radius 2 is 1.55 bits per heavy atom. The minimum atomic E-state index is 0. The molecule has 0 aliphatic heterocycles. The number of rotatable bonds is 5. The summed E-state index contributed by atoms with van der Waals surface area (Å²) in [6.07, 6.45) is 7.78. The van der Waals surface area contributed by atoms with E-state index in [1.165, 1.54) is 44.1 Å². The molecule has 0 radical (unpaired) electrons. The highest BCUT2D eigenvalue weighted by Gasteiger charge is 2.53. The van der Waals surface area contributed by atoms with Gasteiger partial charge in [0.25, 0.3) is 0 Å². The summed E-state index contributed by atoms with van der Waals surface area (Å²) >= 11 is 0. The predicted octanol–water partition coefficient (Wildman–Crippen LogP) is 0.566. The molecule has 4 bridgehead atoms. The number of ketones is 1. The minimum Gasteiger partial charge on any atom is -1.00 e. The van der Waals surface area contributed by atoms with E-state index in [0.717, 1.165) is 24.3 Å². The van der Waals surface area contributed by atoms with Gasteiger partial charge in [-0.3, -0.25) is 4.79 Å². The number of hydrogen-bond donors (Lipinski definition) is 1. The molecule has 0 atom stereocenters. The van der Waals surface area contributed by atoms with Gasteiger partial charge in [-0.1, -0.05) is 30.3 Å². The highest BCUT2D eigenvalue weighted by molar-refractivity contribution is 5.87. The van der Waals surface area contributed by atoms with Crippen LogP contribution in [0, 0.1) is 23.2 Å². The summed E-state index contributed by atoms with van der Waals surface area (Å²) in [6, 6.07) is 10.4. The predicted molar refractivity (Wildman–Crippen MR) is 83.8 cm³/mol. The van der Waals surface area contributed by atoms with E-state index in [-0.39, 0.29) is 17.8 Å². The van der Waals surface area contributed by atoms with Crippen molar-refractivity contribution in [1.29, 1.82) is 0 Å². The third kappa shape index (κ3) is 2.96. The van der Waals surface area contributed by atoms with Gasteiger partial charge in [0.15, 0.2) is 5.78 Å². The molecule has 0 amide bonds. The van der Waals surface area contributed by atoms with Crippen LogP contribution in [-0.2, 0) is 11.3 Å². The molecule has 2 nitrogen and oxygen atoms in total. The Labute approximate surface area is 139 Å². The summed E-state index contributed by atoms with van der Waals surface area (Å²) in [5.41, 5.74) is 1.31. The van der Waals surface area contributed by atoms with Crippen molar-refractivity contribution in [2.24, 2.45) is 23.2 Å². The van der Waals surface area contributed by atoms with Crippen LogP contribution in [0.25, 0.3) is 0 Å². The van der Waals surface area contributed by atoms with Gasteiger partial charge in [0.1, 0.15) is 0 Å². The molecule has 4 aliphatic carbocycles. The third-order valence-electron chi connectivity index (χ3n) is 6.09. The van der Waals surface area contributed by atoms with Crippen LogP contribution in [0.15, 0.2) is 30.3 Å². The van der Waals surface area contributed by atoms with E-state index in [0.29, 0.717) is 12.3 Å². The molecule has 1 aromatic carbocycles. The van der Waals surface area contributed by atoms with Crippen LogP contribution >= 0.6 is 0 Å². The van der Waals surface area contributed by atoms with E-state index in [2.05, 4.69) is 29.6 Å². The molecule has 1 N–H and O–H groups in total. The molecule has 5 rings (SSSR count). The Morgan fingerprint density at radius 3 is 2.09 bits per heavy atom. The standard InChI is InChI=1S/C19H25NO.ClH/c21-18(13-20-12-14-4-2-1-3-5-14)19-9-15-6-16(10-19)8-17(7-15)11-19;/h1-5,15-17,20H,6-13H2;1H/p-1. The molecule has 1 aromatic rings. The van der Waals surface area contributed by atoms with E-state index in [1.54, 1.807) is 0 Å². The van der Waals surface area contributed by atoms with Crippen LogP contribution < -0.4 is 17.7 Å². The van der Waals surface area contributed by atoms with Crippen LogP contribution in [0.4, 0.5) is 0 Å². The van der Waals surface area contributed by atoms with Gasteiger partial charge in [-0.25, -0.2) is 0 Å². The zero-order valence-electron chi connectivity index (χ0n) is 13.1. The molecule has 0 heterocycles. The molecule has 4 aliphatic rings. The van der Waals surface area contributed by atoms with Crippen molar-refractivity contribution < 1.29 is 17.2 Å². The van der Waals surface area contributed by atoms with Gasteiger partial charge in [-0.2, -0.15) is 0 Å². The molecule has 120 valence electrons. The van der Waals surface area contributed by atoms with E-state index in [1.807, 2.05) is 6.07 Å². The lowest BCUT2D eigenvalue weighted by molar-refractivity contribution is -0.142. The Morgan fingerprint density at radius 1 is 1.00 bits per heavy atom. The number of carbonyl (C=O) groups is 1. The quantitative estimate of drug-likeness (QED) is 0.860. The van der Waals surface area contributed by atoms with Crippen molar-refractivity contribution in [3.05, 3.63) is 35.9 Å². The summed E-state index contributed by atoms with van der Waals surface area (Å²) in [4.78, 5) is 12.8. The number of benzene rings is 1. The largest absolute Gasteiger partial charge is 1.00 e. The molecule has 4 saturated carbocycles. The molecular weight excluding hydrogens is 294 g/mol. The van der Waals surface area contributed by atoms with Crippen molar-refractivity contribution in [2.75, 3.05) is 6.54 Å². The number of hydrogen-bond acceptors (Lipinski definition) is 2. The number of nitrogens with one attached hydrogen (secondary N) is 1. The van der Waals surface area contributed by atoms with Crippen LogP contribution in [0.2, 0.25) is 0 Å².